The summed E-state index contributed by atoms with van der Waals surface area (Å²) < 4.78 is 5.30. The minimum absolute atomic E-state index is 0.0164. The number of hydrogen-bond acceptors (Lipinski definition) is 8. The Morgan fingerprint density at radius 1 is 1.05 bits per heavy atom. The summed E-state index contributed by atoms with van der Waals surface area (Å²) in [4.78, 5) is 25.7. The van der Waals surface area contributed by atoms with E-state index in [1.54, 1.807) is 13.8 Å². The first-order chi connectivity index (χ1) is 16.9. The van der Waals surface area contributed by atoms with Gasteiger partial charge in [-0.25, -0.2) is 0 Å². The van der Waals surface area contributed by atoms with Crippen LogP contribution in [0.1, 0.15) is 92.4 Å². The first-order valence-electron chi connectivity index (χ1n) is 14.0. The van der Waals surface area contributed by atoms with Gasteiger partial charge < -0.3 is 30.3 Å². The van der Waals surface area contributed by atoms with Crippen LogP contribution >= 0.6 is 0 Å². The van der Waals surface area contributed by atoms with Crippen molar-refractivity contribution in [2.24, 2.45) is 28.6 Å². The molecule has 1 saturated heterocycles. The number of carbonyl (C=O) groups is 2. The standard InChI is InChI=1S/C29H44O8/c1-16(2)6-7-20(30)26(5,33)19-9-11-28(35)18-12-21(31)29(36)13-22-27(34,14-23(32)37-22)15-25(29,4)17(18)8-10-24(19,28)3/h12,16-17,19-20,22,30,33-36H,6-11,13-15H2,1-5H3. The van der Waals surface area contributed by atoms with Crippen molar-refractivity contribution < 1.29 is 39.9 Å². The normalized spacial score (nSPS) is 49.4. The first-order valence-corrected chi connectivity index (χ1v) is 14.0. The lowest BCUT2D eigenvalue weighted by molar-refractivity contribution is -0.224. The molecule has 3 saturated carbocycles. The molecule has 0 radical (unpaired) electrons. The van der Waals surface area contributed by atoms with Gasteiger partial charge in [-0.15, -0.1) is 0 Å². The summed E-state index contributed by atoms with van der Waals surface area (Å²) in [6.07, 6.45) is 2.33. The maximum atomic E-state index is 13.6. The van der Waals surface area contributed by atoms with E-state index in [0.717, 1.165) is 6.42 Å². The second-order valence-corrected chi connectivity index (χ2v) is 14.1. The van der Waals surface area contributed by atoms with Crippen molar-refractivity contribution in [3.05, 3.63) is 11.6 Å². The fourth-order valence-corrected chi connectivity index (χ4v) is 9.24. The lowest BCUT2D eigenvalue weighted by atomic mass is 9.43. The Hall–Kier alpha value is -1.32. The lowest BCUT2D eigenvalue weighted by Gasteiger charge is -2.63. The van der Waals surface area contributed by atoms with Crippen LogP contribution in [0.5, 0.6) is 0 Å². The molecule has 5 aliphatic rings. The molecule has 0 amide bonds. The van der Waals surface area contributed by atoms with Crippen LogP contribution in [0.2, 0.25) is 0 Å². The molecule has 8 nitrogen and oxygen atoms in total. The van der Waals surface area contributed by atoms with Gasteiger partial charge in [0.25, 0.3) is 0 Å². The van der Waals surface area contributed by atoms with E-state index in [2.05, 4.69) is 13.8 Å². The van der Waals surface area contributed by atoms with E-state index in [1.807, 2.05) is 6.92 Å². The van der Waals surface area contributed by atoms with Gasteiger partial charge in [-0.2, -0.15) is 0 Å². The van der Waals surface area contributed by atoms with Gasteiger partial charge >= 0.3 is 5.97 Å². The second kappa shape index (κ2) is 8.10. The Morgan fingerprint density at radius 2 is 1.73 bits per heavy atom. The second-order valence-electron chi connectivity index (χ2n) is 14.1. The molecule has 4 aliphatic carbocycles. The number of carbonyl (C=O) groups excluding carboxylic acids is 2. The highest BCUT2D eigenvalue weighted by molar-refractivity contribution is 6.00. The zero-order chi connectivity index (χ0) is 27.4. The van der Waals surface area contributed by atoms with Crippen molar-refractivity contribution >= 4 is 11.8 Å². The monoisotopic (exact) mass is 520 g/mol. The van der Waals surface area contributed by atoms with Crippen LogP contribution in [0, 0.1) is 28.6 Å². The number of ketones is 1. The number of ether oxygens (including phenoxy) is 1. The SMILES string of the molecule is CC(C)CCC(O)C(C)(O)C1CCC2(O)C3=CC(=O)C4(O)CC5OC(=O)CC5(O)CC4(C)C3CCC12C. The maximum Gasteiger partial charge on any atom is 0.309 e. The minimum atomic E-state index is -1.82. The highest BCUT2D eigenvalue weighted by Crippen LogP contribution is 2.70. The minimum Gasteiger partial charge on any atom is -0.459 e. The van der Waals surface area contributed by atoms with E-state index in [1.165, 1.54) is 6.08 Å². The topological polar surface area (TPSA) is 145 Å². The van der Waals surface area contributed by atoms with Crippen LogP contribution < -0.4 is 0 Å². The molecule has 5 rings (SSSR count). The number of rotatable bonds is 5. The molecular weight excluding hydrogens is 476 g/mol. The number of aliphatic hydroxyl groups is 5. The van der Waals surface area contributed by atoms with Gasteiger partial charge in [-0.05, 0) is 81.3 Å². The average Bonchev–Trinajstić information content (AvgIpc) is 3.23. The largest absolute Gasteiger partial charge is 0.459 e. The maximum absolute atomic E-state index is 13.6. The van der Waals surface area contributed by atoms with Crippen molar-refractivity contribution in [1.82, 2.24) is 0 Å². The highest BCUT2D eigenvalue weighted by Gasteiger charge is 2.74. The van der Waals surface area contributed by atoms with Gasteiger partial charge in [0.05, 0.1) is 23.7 Å². The molecular formula is C29H44O8. The average molecular weight is 521 g/mol. The molecule has 10 atom stereocenters. The fourth-order valence-electron chi connectivity index (χ4n) is 9.24. The van der Waals surface area contributed by atoms with Crippen LogP contribution in [0.15, 0.2) is 11.6 Å². The molecule has 37 heavy (non-hydrogen) atoms. The Morgan fingerprint density at radius 3 is 2.38 bits per heavy atom. The van der Waals surface area contributed by atoms with E-state index in [9.17, 15) is 35.1 Å². The molecule has 4 fully saturated rings. The summed E-state index contributed by atoms with van der Waals surface area (Å²) in [5, 5.41) is 58.2. The third kappa shape index (κ3) is 3.45. The summed E-state index contributed by atoms with van der Waals surface area (Å²) in [6, 6.07) is 0. The predicted molar refractivity (Wildman–Crippen MR) is 134 cm³/mol. The van der Waals surface area contributed by atoms with Crippen LogP contribution in [-0.4, -0.2) is 71.9 Å². The molecule has 1 heterocycles. The zero-order valence-electron chi connectivity index (χ0n) is 22.8. The Balaban J connectivity index is 1.51. The summed E-state index contributed by atoms with van der Waals surface area (Å²) in [7, 11) is 0. The molecule has 0 aromatic carbocycles. The third-order valence-corrected chi connectivity index (χ3v) is 11.6. The Labute approximate surface area is 219 Å². The zero-order valence-corrected chi connectivity index (χ0v) is 22.8. The molecule has 208 valence electrons. The van der Waals surface area contributed by atoms with Crippen molar-refractivity contribution in [1.29, 1.82) is 0 Å². The molecule has 10 unspecified atom stereocenters. The van der Waals surface area contributed by atoms with Crippen molar-refractivity contribution in [3.63, 3.8) is 0 Å². The number of aliphatic hydroxyl groups excluding tert-OH is 1. The van der Waals surface area contributed by atoms with Crippen molar-refractivity contribution in [2.45, 2.75) is 127 Å². The van der Waals surface area contributed by atoms with Gasteiger partial charge in [0, 0.05) is 17.3 Å². The first kappa shape index (κ1) is 27.3. The molecule has 0 aromatic heterocycles. The number of esters is 1. The van der Waals surface area contributed by atoms with E-state index in [4.69, 9.17) is 4.74 Å². The molecule has 0 spiro atoms. The molecule has 1 aliphatic heterocycles. The lowest BCUT2D eigenvalue weighted by Crippen LogP contribution is -2.70. The van der Waals surface area contributed by atoms with E-state index in [0.29, 0.717) is 43.6 Å². The Bertz CT molecular complexity index is 1030. The number of hydrogen-bond donors (Lipinski definition) is 5. The quantitative estimate of drug-likeness (QED) is 0.347. The van der Waals surface area contributed by atoms with Gasteiger partial charge in [0.1, 0.15) is 17.3 Å². The molecule has 8 heteroatoms. The van der Waals surface area contributed by atoms with Crippen LogP contribution in [-0.2, 0) is 14.3 Å². The van der Waals surface area contributed by atoms with Gasteiger partial charge in [0.15, 0.2) is 5.78 Å². The molecule has 0 bridgehead atoms. The van der Waals surface area contributed by atoms with Gasteiger partial charge in [0.2, 0.25) is 0 Å². The Kier molecular flexibility index (Phi) is 5.97. The number of fused-ring (bicyclic) bond motifs is 6. The third-order valence-electron chi connectivity index (χ3n) is 11.6. The summed E-state index contributed by atoms with van der Waals surface area (Å²) in [6.45, 7) is 9.56. The smallest absolute Gasteiger partial charge is 0.309 e. The summed E-state index contributed by atoms with van der Waals surface area (Å²) in [5.74, 6) is -1.45. The summed E-state index contributed by atoms with van der Waals surface area (Å²) >= 11 is 0. The predicted octanol–water partition coefficient (Wildman–Crippen LogP) is 2.18. The van der Waals surface area contributed by atoms with E-state index >= 15 is 0 Å². The van der Waals surface area contributed by atoms with Crippen LogP contribution in [0.4, 0.5) is 0 Å². The van der Waals surface area contributed by atoms with Crippen LogP contribution in [0.25, 0.3) is 0 Å². The van der Waals surface area contributed by atoms with E-state index in [-0.39, 0.29) is 25.2 Å². The fraction of sp³-hybridized carbons (Fsp3) is 0.862. The molecule has 0 aromatic rings. The van der Waals surface area contributed by atoms with E-state index < -0.39 is 63.1 Å². The van der Waals surface area contributed by atoms with Crippen molar-refractivity contribution in [3.8, 4) is 0 Å². The molecule has 5 N–H and O–H groups in total. The van der Waals surface area contributed by atoms with Crippen molar-refractivity contribution in [2.75, 3.05) is 0 Å². The summed E-state index contributed by atoms with van der Waals surface area (Å²) in [5.41, 5.74) is -7.42. The van der Waals surface area contributed by atoms with Crippen LogP contribution in [0.3, 0.4) is 0 Å². The van der Waals surface area contributed by atoms with Gasteiger partial charge in [-0.1, -0.05) is 27.7 Å². The van der Waals surface area contributed by atoms with Gasteiger partial charge in [-0.3, -0.25) is 9.59 Å². The highest BCUT2D eigenvalue weighted by atomic mass is 16.6.